The van der Waals surface area contributed by atoms with Crippen molar-refractivity contribution in [1.29, 1.82) is 0 Å². The third-order valence-electron chi connectivity index (χ3n) is 2.15. The average molecular weight is 188 g/mol. The fourth-order valence-corrected chi connectivity index (χ4v) is 1.47. The first-order valence-electron chi connectivity index (χ1n) is 5.04. The van der Waals surface area contributed by atoms with Gasteiger partial charge in [0.2, 0.25) is 0 Å². The average Bonchev–Trinajstić information content (AvgIpc) is 2.21. The van der Waals surface area contributed by atoms with Crippen LogP contribution >= 0.6 is 0 Å². The molecule has 0 heterocycles. The van der Waals surface area contributed by atoms with E-state index in [-0.39, 0.29) is 5.78 Å². The number of hydrogen-bond donors (Lipinski definition) is 0. The zero-order valence-electron chi connectivity index (χ0n) is 8.79. The van der Waals surface area contributed by atoms with Gasteiger partial charge in [-0.05, 0) is 18.9 Å². The second kappa shape index (κ2) is 5.38. The molecule has 0 bridgehead atoms. The lowest BCUT2D eigenvalue weighted by atomic mass is 9.99. The molecular formula is C13H16O. The predicted octanol–water partition coefficient (Wildman–Crippen LogP) is 3.46. The number of allylic oxidation sites excluding steroid dienone is 2. The van der Waals surface area contributed by atoms with Gasteiger partial charge in [-0.25, -0.2) is 0 Å². The zero-order valence-corrected chi connectivity index (χ0v) is 8.79. The highest BCUT2D eigenvalue weighted by Gasteiger charge is 2.08. The standard InChI is InChI=1S/C13H16O/c1-3-8-13(14)12(4-2)11-9-6-5-7-10-11/h4-7,9-10H,3,8H2,1-2H3/b12-4+. The molecule has 1 nitrogen and oxygen atoms in total. The van der Waals surface area contributed by atoms with Gasteiger partial charge in [-0.3, -0.25) is 4.79 Å². The van der Waals surface area contributed by atoms with Crippen LogP contribution in [-0.4, -0.2) is 5.78 Å². The summed E-state index contributed by atoms with van der Waals surface area (Å²) in [5, 5.41) is 0. The van der Waals surface area contributed by atoms with E-state index in [1.807, 2.05) is 50.3 Å². The third-order valence-corrected chi connectivity index (χ3v) is 2.15. The van der Waals surface area contributed by atoms with Crippen molar-refractivity contribution in [3.05, 3.63) is 42.0 Å². The topological polar surface area (TPSA) is 17.1 Å². The summed E-state index contributed by atoms with van der Waals surface area (Å²) in [6.45, 7) is 3.94. The summed E-state index contributed by atoms with van der Waals surface area (Å²) >= 11 is 0. The Kier molecular flexibility index (Phi) is 4.11. The quantitative estimate of drug-likeness (QED) is 0.661. The largest absolute Gasteiger partial charge is 0.294 e. The lowest BCUT2D eigenvalue weighted by Crippen LogP contribution is -2.00. The van der Waals surface area contributed by atoms with Gasteiger partial charge in [0, 0.05) is 12.0 Å². The van der Waals surface area contributed by atoms with Crippen LogP contribution in [0.2, 0.25) is 0 Å². The van der Waals surface area contributed by atoms with E-state index in [2.05, 4.69) is 0 Å². The van der Waals surface area contributed by atoms with Crippen LogP contribution in [0.4, 0.5) is 0 Å². The minimum Gasteiger partial charge on any atom is -0.294 e. The summed E-state index contributed by atoms with van der Waals surface area (Å²) in [4.78, 5) is 11.7. The van der Waals surface area contributed by atoms with E-state index in [1.54, 1.807) is 0 Å². The molecular weight excluding hydrogens is 172 g/mol. The molecule has 1 aromatic rings. The van der Waals surface area contributed by atoms with Crippen molar-refractivity contribution in [1.82, 2.24) is 0 Å². The van der Waals surface area contributed by atoms with Crippen LogP contribution in [0.3, 0.4) is 0 Å². The van der Waals surface area contributed by atoms with Crippen LogP contribution in [0.15, 0.2) is 36.4 Å². The first-order valence-corrected chi connectivity index (χ1v) is 5.04. The highest BCUT2D eigenvalue weighted by molar-refractivity contribution is 6.20. The van der Waals surface area contributed by atoms with Crippen molar-refractivity contribution < 1.29 is 4.79 Å². The monoisotopic (exact) mass is 188 g/mol. The van der Waals surface area contributed by atoms with E-state index in [0.29, 0.717) is 6.42 Å². The van der Waals surface area contributed by atoms with Crippen molar-refractivity contribution in [2.24, 2.45) is 0 Å². The third kappa shape index (κ3) is 2.56. The van der Waals surface area contributed by atoms with E-state index in [1.165, 1.54) is 0 Å². The van der Waals surface area contributed by atoms with E-state index in [9.17, 15) is 4.79 Å². The molecule has 0 unspecified atom stereocenters. The van der Waals surface area contributed by atoms with Crippen LogP contribution in [0.25, 0.3) is 5.57 Å². The molecule has 0 amide bonds. The Morgan fingerprint density at radius 1 is 1.29 bits per heavy atom. The summed E-state index contributed by atoms with van der Waals surface area (Å²) in [6, 6.07) is 9.82. The highest BCUT2D eigenvalue weighted by atomic mass is 16.1. The van der Waals surface area contributed by atoms with E-state index in [4.69, 9.17) is 0 Å². The van der Waals surface area contributed by atoms with Gasteiger partial charge >= 0.3 is 0 Å². The fraction of sp³-hybridized carbons (Fsp3) is 0.308. The molecule has 1 rings (SSSR count). The minimum atomic E-state index is 0.237. The van der Waals surface area contributed by atoms with Crippen LogP contribution in [0, 0.1) is 0 Å². The number of ketones is 1. The van der Waals surface area contributed by atoms with E-state index in [0.717, 1.165) is 17.6 Å². The number of benzene rings is 1. The van der Waals surface area contributed by atoms with Crippen LogP contribution in [0.1, 0.15) is 32.3 Å². The second-order valence-electron chi connectivity index (χ2n) is 3.24. The SMILES string of the molecule is C/C=C(/C(=O)CCC)c1ccccc1. The molecule has 0 aliphatic rings. The van der Waals surface area contributed by atoms with Gasteiger partial charge in [0.15, 0.2) is 5.78 Å². The molecule has 0 fully saturated rings. The number of carbonyl (C=O) groups excluding carboxylic acids is 1. The van der Waals surface area contributed by atoms with E-state index >= 15 is 0 Å². The molecule has 0 saturated carbocycles. The Bertz CT molecular complexity index is 322. The van der Waals surface area contributed by atoms with Crippen molar-refractivity contribution in [3.63, 3.8) is 0 Å². The minimum absolute atomic E-state index is 0.237. The normalized spacial score (nSPS) is 11.4. The van der Waals surface area contributed by atoms with Crippen LogP contribution in [0.5, 0.6) is 0 Å². The van der Waals surface area contributed by atoms with Gasteiger partial charge in [-0.2, -0.15) is 0 Å². The highest BCUT2D eigenvalue weighted by Crippen LogP contribution is 2.16. The maximum atomic E-state index is 11.7. The molecule has 1 aromatic carbocycles. The van der Waals surface area contributed by atoms with Crippen molar-refractivity contribution in [2.75, 3.05) is 0 Å². The Balaban J connectivity index is 2.89. The van der Waals surface area contributed by atoms with Gasteiger partial charge in [0.05, 0.1) is 0 Å². The lowest BCUT2D eigenvalue weighted by molar-refractivity contribution is -0.113. The van der Waals surface area contributed by atoms with Gasteiger partial charge in [-0.1, -0.05) is 43.3 Å². The van der Waals surface area contributed by atoms with Gasteiger partial charge in [0.25, 0.3) is 0 Å². The molecule has 14 heavy (non-hydrogen) atoms. The molecule has 0 spiro atoms. The van der Waals surface area contributed by atoms with Crippen molar-refractivity contribution in [3.8, 4) is 0 Å². The molecule has 0 radical (unpaired) electrons. The van der Waals surface area contributed by atoms with Crippen LogP contribution < -0.4 is 0 Å². The van der Waals surface area contributed by atoms with Gasteiger partial charge in [-0.15, -0.1) is 0 Å². The first kappa shape index (κ1) is 10.7. The zero-order chi connectivity index (χ0) is 10.4. The van der Waals surface area contributed by atoms with E-state index < -0.39 is 0 Å². The fourth-order valence-electron chi connectivity index (χ4n) is 1.47. The maximum absolute atomic E-state index is 11.7. The summed E-state index contributed by atoms with van der Waals surface area (Å²) in [7, 11) is 0. The van der Waals surface area contributed by atoms with Crippen LogP contribution in [-0.2, 0) is 4.79 Å². The van der Waals surface area contributed by atoms with Gasteiger partial charge < -0.3 is 0 Å². The second-order valence-corrected chi connectivity index (χ2v) is 3.24. The number of carbonyl (C=O) groups is 1. The number of hydrogen-bond acceptors (Lipinski definition) is 1. The Hall–Kier alpha value is -1.37. The first-order chi connectivity index (χ1) is 6.79. The van der Waals surface area contributed by atoms with Gasteiger partial charge in [0.1, 0.15) is 0 Å². The smallest absolute Gasteiger partial charge is 0.163 e. The lowest BCUT2D eigenvalue weighted by Gasteiger charge is -2.04. The van der Waals surface area contributed by atoms with Crippen molar-refractivity contribution in [2.45, 2.75) is 26.7 Å². The molecule has 74 valence electrons. The summed E-state index contributed by atoms with van der Waals surface area (Å²) < 4.78 is 0. The molecule has 0 saturated heterocycles. The Morgan fingerprint density at radius 2 is 1.93 bits per heavy atom. The number of rotatable bonds is 4. The summed E-state index contributed by atoms with van der Waals surface area (Å²) in [5.41, 5.74) is 1.86. The summed E-state index contributed by atoms with van der Waals surface area (Å²) in [6.07, 6.45) is 3.44. The molecule has 0 aliphatic carbocycles. The van der Waals surface area contributed by atoms with Crippen molar-refractivity contribution >= 4 is 11.4 Å². The Labute approximate surface area is 85.5 Å². The molecule has 1 heteroatoms. The molecule has 0 aromatic heterocycles. The predicted molar refractivity (Wildman–Crippen MR) is 60.0 cm³/mol. The molecule has 0 aliphatic heterocycles. The molecule has 0 atom stereocenters. The Morgan fingerprint density at radius 3 is 2.43 bits per heavy atom. The maximum Gasteiger partial charge on any atom is 0.163 e. The number of Topliss-reactive ketones (excluding diaryl/α,β-unsaturated/α-hetero) is 1. The molecule has 0 N–H and O–H groups in total. The summed E-state index contributed by atoms with van der Waals surface area (Å²) in [5.74, 6) is 0.237.